The quantitative estimate of drug-likeness (QED) is 0.870. The molecule has 3 rings (SSSR count). The molecule has 2 fully saturated rings. The van der Waals surface area contributed by atoms with Crippen molar-refractivity contribution in [2.45, 2.75) is 25.4 Å². The molecule has 1 heterocycles. The zero-order valence-electron chi connectivity index (χ0n) is 11.5. The highest BCUT2D eigenvalue weighted by atomic mass is 35.5. The number of aryl methyl sites for hydroxylation is 1. The van der Waals surface area contributed by atoms with Crippen LogP contribution in [0.1, 0.15) is 24.0 Å². The van der Waals surface area contributed by atoms with E-state index < -0.39 is 5.60 Å². The summed E-state index contributed by atoms with van der Waals surface area (Å²) < 4.78 is 0. The number of amides is 1. The minimum atomic E-state index is -0.614. The summed E-state index contributed by atoms with van der Waals surface area (Å²) in [4.78, 5) is 13.7. The first kappa shape index (κ1) is 13.7. The fourth-order valence-electron chi connectivity index (χ4n) is 2.64. The lowest BCUT2D eigenvalue weighted by Gasteiger charge is -2.46. The molecule has 106 valence electrons. The van der Waals surface area contributed by atoms with Crippen molar-refractivity contribution in [3.63, 3.8) is 0 Å². The Morgan fingerprint density at radius 1 is 1.45 bits per heavy atom. The summed E-state index contributed by atoms with van der Waals surface area (Å²) in [6.45, 7) is 2.88. The second-order valence-corrected chi connectivity index (χ2v) is 6.32. The first-order valence-electron chi connectivity index (χ1n) is 6.93. The Morgan fingerprint density at radius 2 is 2.15 bits per heavy atom. The highest BCUT2D eigenvalue weighted by molar-refractivity contribution is 6.31. The third-order valence-corrected chi connectivity index (χ3v) is 4.60. The Kier molecular flexibility index (Phi) is 3.35. The highest BCUT2D eigenvalue weighted by Crippen LogP contribution is 2.44. The van der Waals surface area contributed by atoms with E-state index in [9.17, 15) is 9.90 Å². The lowest BCUT2D eigenvalue weighted by atomic mass is 9.88. The van der Waals surface area contributed by atoms with Crippen LogP contribution in [0.4, 0.5) is 0 Å². The van der Waals surface area contributed by atoms with E-state index in [-0.39, 0.29) is 5.91 Å². The van der Waals surface area contributed by atoms with Crippen molar-refractivity contribution >= 4 is 23.6 Å². The van der Waals surface area contributed by atoms with Crippen LogP contribution in [0.25, 0.3) is 6.08 Å². The molecule has 0 bridgehead atoms. The number of aliphatic hydroxyl groups is 1. The highest BCUT2D eigenvalue weighted by Gasteiger charge is 2.52. The van der Waals surface area contributed by atoms with Gasteiger partial charge in [-0.15, -0.1) is 0 Å². The topological polar surface area (TPSA) is 40.5 Å². The van der Waals surface area contributed by atoms with Crippen LogP contribution in [0.15, 0.2) is 24.3 Å². The third-order valence-electron chi connectivity index (χ3n) is 4.19. The molecule has 1 aliphatic carbocycles. The van der Waals surface area contributed by atoms with Crippen LogP contribution in [0.2, 0.25) is 5.02 Å². The van der Waals surface area contributed by atoms with Gasteiger partial charge in [-0.25, -0.2) is 0 Å². The van der Waals surface area contributed by atoms with Crippen molar-refractivity contribution in [1.82, 2.24) is 4.90 Å². The van der Waals surface area contributed by atoms with Crippen molar-refractivity contribution in [2.24, 2.45) is 5.92 Å². The molecule has 0 aromatic heterocycles. The fraction of sp³-hybridized carbons (Fsp3) is 0.438. The summed E-state index contributed by atoms with van der Waals surface area (Å²) in [5.74, 6) is 0.360. The Morgan fingerprint density at radius 3 is 2.75 bits per heavy atom. The molecule has 1 N–H and O–H groups in total. The first-order valence-corrected chi connectivity index (χ1v) is 7.31. The van der Waals surface area contributed by atoms with E-state index in [0.717, 1.165) is 24.0 Å². The molecular formula is C16H18ClNO2. The molecule has 0 atom stereocenters. The average molecular weight is 292 g/mol. The zero-order chi connectivity index (χ0) is 14.3. The van der Waals surface area contributed by atoms with E-state index >= 15 is 0 Å². The number of benzene rings is 1. The fourth-order valence-corrected chi connectivity index (χ4v) is 2.82. The summed E-state index contributed by atoms with van der Waals surface area (Å²) in [7, 11) is 0. The van der Waals surface area contributed by atoms with Crippen LogP contribution >= 0.6 is 11.6 Å². The standard InChI is InChI=1S/C16H18ClNO2/c1-11-2-3-12(8-14(11)17)4-7-15(19)18-9-16(20,10-18)13-5-6-13/h2-4,7-8,13,20H,5-6,9-10H2,1H3. The molecule has 4 heteroatoms. The number of β-amino-alcohol motifs (C(OH)–C–C–N with tert-alkyl or cyclic N) is 1. The summed E-state index contributed by atoms with van der Waals surface area (Å²) >= 11 is 6.05. The number of nitrogens with zero attached hydrogens (tertiary/aromatic N) is 1. The van der Waals surface area contributed by atoms with Crippen molar-refractivity contribution in [3.8, 4) is 0 Å². The van der Waals surface area contributed by atoms with Gasteiger partial charge in [0, 0.05) is 11.1 Å². The third kappa shape index (κ3) is 2.60. The largest absolute Gasteiger partial charge is 0.386 e. The maximum absolute atomic E-state index is 12.0. The number of hydrogen-bond acceptors (Lipinski definition) is 2. The van der Waals surface area contributed by atoms with Crippen molar-refractivity contribution in [2.75, 3.05) is 13.1 Å². The van der Waals surface area contributed by atoms with Crippen LogP contribution in [0, 0.1) is 12.8 Å². The van der Waals surface area contributed by atoms with Gasteiger partial charge in [-0.1, -0.05) is 23.7 Å². The number of halogens is 1. The van der Waals surface area contributed by atoms with Gasteiger partial charge in [0.2, 0.25) is 5.91 Å². The van der Waals surface area contributed by atoms with Crippen molar-refractivity contribution in [3.05, 3.63) is 40.4 Å². The Bertz CT molecular complexity index is 572. The van der Waals surface area contributed by atoms with Gasteiger partial charge in [-0.3, -0.25) is 4.79 Å². The second-order valence-electron chi connectivity index (χ2n) is 5.91. The first-order chi connectivity index (χ1) is 9.48. The molecule has 20 heavy (non-hydrogen) atoms. The lowest BCUT2D eigenvalue weighted by molar-refractivity contribution is -0.154. The number of hydrogen-bond donors (Lipinski definition) is 1. The van der Waals surface area contributed by atoms with Gasteiger partial charge < -0.3 is 10.0 Å². The Balaban J connectivity index is 1.59. The van der Waals surface area contributed by atoms with E-state index in [1.165, 1.54) is 0 Å². The molecule has 3 nitrogen and oxygen atoms in total. The van der Waals surface area contributed by atoms with Gasteiger partial charge >= 0.3 is 0 Å². The number of rotatable bonds is 3. The Hall–Kier alpha value is -1.32. The van der Waals surface area contributed by atoms with Crippen LogP contribution < -0.4 is 0 Å². The summed E-state index contributed by atoms with van der Waals surface area (Å²) in [6, 6.07) is 5.71. The summed E-state index contributed by atoms with van der Waals surface area (Å²) in [6.07, 6.45) is 5.50. The minimum Gasteiger partial charge on any atom is -0.386 e. The van der Waals surface area contributed by atoms with Gasteiger partial charge in [-0.05, 0) is 49.0 Å². The molecule has 1 saturated heterocycles. The molecule has 0 spiro atoms. The number of carbonyl (C=O) groups is 1. The molecule has 0 radical (unpaired) electrons. The maximum atomic E-state index is 12.0. The molecule has 0 unspecified atom stereocenters. The average Bonchev–Trinajstić information content (AvgIpc) is 3.20. The maximum Gasteiger partial charge on any atom is 0.246 e. The van der Waals surface area contributed by atoms with Crippen molar-refractivity contribution < 1.29 is 9.90 Å². The van der Waals surface area contributed by atoms with E-state index in [2.05, 4.69) is 0 Å². The molecule has 1 aromatic rings. The van der Waals surface area contributed by atoms with Gasteiger partial charge in [0.1, 0.15) is 5.60 Å². The lowest BCUT2D eigenvalue weighted by Crippen LogP contribution is -2.64. The predicted molar refractivity (Wildman–Crippen MR) is 79.5 cm³/mol. The molecule has 1 aromatic carbocycles. The molecule has 1 aliphatic heterocycles. The van der Waals surface area contributed by atoms with Crippen LogP contribution in [0.3, 0.4) is 0 Å². The number of carbonyl (C=O) groups excluding carboxylic acids is 1. The van der Waals surface area contributed by atoms with Gasteiger partial charge in [0.05, 0.1) is 13.1 Å². The van der Waals surface area contributed by atoms with E-state index in [1.807, 2.05) is 25.1 Å². The smallest absolute Gasteiger partial charge is 0.246 e. The molecule has 2 aliphatic rings. The monoisotopic (exact) mass is 291 g/mol. The van der Waals surface area contributed by atoms with Crippen LogP contribution in [-0.4, -0.2) is 34.6 Å². The van der Waals surface area contributed by atoms with Gasteiger partial charge in [0.15, 0.2) is 0 Å². The number of likely N-dealkylation sites (tertiary alicyclic amines) is 1. The van der Waals surface area contributed by atoms with E-state index in [4.69, 9.17) is 11.6 Å². The van der Waals surface area contributed by atoms with E-state index in [0.29, 0.717) is 24.0 Å². The van der Waals surface area contributed by atoms with E-state index in [1.54, 1.807) is 17.1 Å². The van der Waals surface area contributed by atoms with Crippen LogP contribution in [-0.2, 0) is 4.79 Å². The van der Waals surface area contributed by atoms with Crippen molar-refractivity contribution in [1.29, 1.82) is 0 Å². The molecule has 1 amide bonds. The normalized spacial score (nSPS) is 21.1. The summed E-state index contributed by atoms with van der Waals surface area (Å²) in [5, 5.41) is 10.9. The Labute approximate surface area is 123 Å². The SMILES string of the molecule is Cc1ccc(C=CC(=O)N2CC(O)(C3CC3)C2)cc1Cl. The molecular weight excluding hydrogens is 274 g/mol. The van der Waals surface area contributed by atoms with Crippen LogP contribution in [0.5, 0.6) is 0 Å². The molecule has 1 saturated carbocycles. The van der Waals surface area contributed by atoms with Gasteiger partial charge in [-0.2, -0.15) is 0 Å². The summed E-state index contributed by atoms with van der Waals surface area (Å²) in [5.41, 5.74) is 1.32. The minimum absolute atomic E-state index is 0.0491. The predicted octanol–water partition coefficient (Wildman–Crippen LogP) is 2.64. The second kappa shape index (κ2) is 4.90. The van der Waals surface area contributed by atoms with Gasteiger partial charge in [0.25, 0.3) is 0 Å². The zero-order valence-corrected chi connectivity index (χ0v) is 12.2.